The average molecular weight is 483 g/mol. The number of hydrogen-bond acceptors (Lipinski definition) is 6. The van der Waals surface area contributed by atoms with Crippen molar-refractivity contribution in [1.29, 1.82) is 0 Å². The van der Waals surface area contributed by atoms with Crippen molar-refractivity contribution >= 4 is 5.97 Å². The summed E-state index contributed by atoms with van der Waals surface area (Å²) in [5, 5.41) is 0. The molecule has 0 bridgehead atoms. The van der Waals surface area contributed by atoms with Gasteiger partial charge in [0.1, 0.15) is 31.2 Å². The van der Waals surface area contributed by atoms with Gasteiger partial charge in [0, 0.05) is 0 Å². The molecule has 36 heavy (non-hydrogen) atoms. The van der Waals surface area contributed by atoms with E-state index in [1.54, 1.807) is 6.92 Å². The fourth-order valence-corrected chi connectivity index (χ4v) is 3.81. The monoisotopic (exact) mass is 482 g/mol. The third-order valence-electron chi connectivity index (χ3n) is 5.70. The molecule has 6 nitrogen and oxygen atoms in total. The first-order chi connectivity index (χ1) is 17.6. The van der Waals surface area contributed by atoms with Crippen molar-refractivity contribution in [2.75, 3.05) is 6.61 Å². The van der Waals surface area contributed by atoms with Crippen LogP contribution in [-0.4, -0.2) is 22.5 Å². The maximum absolute atomic E-state index is 13.2. The van der Waals surface area contributed by atoms with Crippen LogP contribution < -0.4 is 9.47 Å². The molecule has 1 unspecified atom stereocenters. The first-order valence-corrected chi connectivity index (χ1v) is 12.0. The van der Waals surface area contributed by atoms with Gasteiger partial charge in [-0.3, -0.25) is 4.79 Å². The molecule has 0 radical (unpaired) electrons. The van der Waals surface area contributed by atoms with Crippen molar-refractivity contribution in [1.82, 2.24) is 9.97 Å². The fraction of sp³-hybridized carbons (Fsp3) is 0.233. The Hall–Kier alpha value is -4.19. The lowest BCUT2D eigenvalue weighted by molar-refractivity contribution is -0.145. The molecule has 184 valence electrons. The topological polar surface area (TPSA) is 70.5 Å². The summed E-state index contributed by atoms with van der Waals surface area (Å²) in [5.41, 5.74) is 4.57. The molecule has 0 aliphatic heterocycles. The summed E-state index contributed by atoms with van der Waals surface area (Å²) in [4.78, 5) is 22.0. The molecule has 0 N–H and O–H groups in total. The van der Waals surface area contributed by atoms with E-state index in [0.717, 1.165) is 22.3 Å². The van der Waals surface area contributed by atoms with Gasteiger partial charge in [-0.05, 0) is 37.0 Å². The van der Waals surface area contributed by atoms with E-state index in [2.05, 4.69) is 9.97 Å². The summed E-state index contributed by atoms with van der Waals surface area (Å²) >= 11 is 0. The molecule has 0 fully saturated rings. The number of hydrogen-bond donors (Lipinski definition) is 0. The van der Waals surface area contributed by atoms with Crippen molar-refractivity contribution in [3.05, 3.63) is 119 Å². The lowest BCUT2D eigenvalue weighted by Gasteiger charge is -2.20. The van der Waals surface area contributed by atoms with Crippen LogP contribution in [0.25, 0.3) is 0 Å². The Balaban J connectivity index is 1.69. The van der Waals surface area contributed by atoms with Gasteiger partial charge < -0.3 is 14.2 Å². The molecule has 4 rings (SSSR count). The third kappa shape index (κ3) is 6.69. The Bertz CT molecular complexity index is 1250. The van der Waals surface area contributed by atoms with Crippen LogP contribution in [0.4, 0.5) is 0 Å². The van der Waals surface area contributed by atoms with E-state index in [9.17, 15) is 4.79 Å². The van der Waals surface area contributed by atoms with E-state index < -0.39 is 5.92 Å². The number of benzene rings is 3. The minimum Gasteiger partial charge on any atom is -0.482 e. The quantitative estimate of drug-likeness (QED) is 0.250. The van der Waals surface area contributed by atoms with Crippen LogP contribution in [-0.2, 0) is 29.2 Å². The molecule has 0 amide bonds. The predicted octanol–water partition coefficient (Wildman–Crippen LogP) is 5.83. The second-order valence-electron chi connectivity index (χ2n) is 8.44. The van der Waals surface area contributed by atoms with Crippen LogP contribution in [0.15, 0.2) is 91.3 Å². The van der Waals surface area contributed by atoms with Crippen molar-refractivity contribution in [3.63, 3.8) is 0 Å². The third-order valence-corrected chi connectivity index (χ3v) is 5.70. The van der Waals surface area contributed by atoms with Gasteiger partial charge in [0.2, 0.25) is 5.75 Å². The zero-order chi connectivity index (χ0) is 25.2. The smallest absolute Gasteiger partial charge is 0.315 e. The van der Waals surface area contributed by atoms with E-state index >= 15 is 0 Å². The van der Waals surface area contributed by atoms with Crippen LogP contribution in [0.2, 0.25) is 0 Å². The minimum atomic E-state index is -0.680. The average Bonchev–Trinajstić information content (AvgIpc) is 2.92. The second kappa shape index (κ2) is 12.5. The number of carbonyl (C=O) groups is 1. The molecule has 1 atom stereocenters. The number of carbonyl (C=O) groups excluding carboxylic acids is 1. The van der Waals surface area contributed by atoms with Gasteiger partial charge in [-0.15, -0.1) is 0 Å². The maximum atomic E-state index is 13.2. The molecule has 4 aromatic rings. The normalized spacial score (nSPS) is 11.5. The summed E-state index contributed by atoms with van der Waals surface area (Å²) in [5.74, 6) is -0.406. The van der Waals surface area contributed by atoms with Gasteiger partial charge in [-0.2, -0.15) is 4.98 Å². The number of aromatic nitrogens is 2. The fourth-order valence-electron chi connectivity index (χ4n) is 3.81. The van der Waals surface area contributed by atoms with Crippen LogP contribution >= 0.6 is 0 Å². The van der Waals surface area contributed by atoms with Gasteiger partial charge in [-0.25, -0.2) is 4.98 Å². The molecular weight excluding hydrogens is 452 g/mol. The standard InChI is InChI=1S/C30H30N2O4/c1-3-34-30(33)26(18-23-16-14-22(2)15-17-23)27-28(35-19-24-10-6-4-7-11-24)29(32-21-31-27)36-20-25-12-8-5-9-13-25/h4-17,21,26H,3,18-20H2,1-2H3. The minimum absolute atomic E-state index is 0.270. The number of ether oxygens (including phenoxy) is 3. The second-order valence-corrected chi connectivity index (χ2v) is 8.44. The molecule has 6 heteroatoms. The van der Waals surface area contributed by atoms with E-state index in [0.29, 0.717) is 24.5 Å². The highest BCUT2D eigenvalue weighted by Gasteiger charge is 2.30. The Morgan fingerprint density at radius 1 is 0.778 bits per heavy atom. The Morgan fingerprint density at radius 2 is 1.39 bits per heavy atom. The SMILES string of the molecule is CCOC(=O)C(Cc1ccc(C)cc1)c1ncnc(OCc2ccccc2)c1OCc1ccccc1. The summed E-state index contributed by atoms with van der Waals surface area (Å²) < 4.78 is 17.8. The Kier molecular flexibility index (Phi) is 8.65. The molecule has 0 aliphatic rings. The summed E-state index contributed by atoms with van der Waals surface area (Å²) in [6.07, 6.45) is 1.82. The van der Waals surface area contributed by atoms with Crippen molar-refractivity contribution in [3.8, 4) is 11.6 Å². The number of aryl methyl sites for hydroxylation is 1. The first-order valence-electron chi connectivity index (χ1n) is 12.0. The largest absolute Gasteiger partial charge is 0.482 e. The van der Waals surface area contributed by atoms with E-state index in [-0.39, 0.29) is 25.1 Å². The summed E-state index contributed by atoms with van der Waals surface area (Å²) in [7, 11) is 0. The van der Waals surface area contributed by atoms with Gasteiger partial charge >= 0.3 is 5.97 Å². The van der Waals surface area contributed by atoms with Crippen LogP contribution in [0, 0.1) is 6.92 Å². The maximum Gasteiger partial charge on any atom is 0.315 e. The molecule has 0 spiro atoms. The molecule has 3 aromatic carbocycles. The molecule has 0 saturated heterocycles. The highest BCUT2D eigenvalue weighted by molar-refractivity contribution is 5.79. The molecule has 1 aromatic heterocycles. The van der Waals surface area contributed by atoms with Crippen LogP contribution in [0.1, 0.15) is 40.8 Å². The molecule has 0 saturated carbocycles. The zero-order valence-electron chi connectivity index (χ0n) is 20.6. The van der Waals surface area contributed by atoms with E-state index in [1.807, 2.05) is 91.9 Å². The van der Waals surface area contributed by atoms with Gasteiger partial charge in [0.25, 0.3) is 5.88 Å². The number of esters is 1. The zero-order valence-corrected chi connectivity index (χ0v) is 20.6. The van der Waals surface area contributed by atoms with Crippen LogP contribution in [0.3, 0.4) is 0 Å². The van der Waals surface area contributed by atoms with Crippen LogP contribution in [0.5, 0.6) is 11.6 Å². The van der Waals surface area contributed by atoms with Crippen molar-refractivity contribution in [2.24, 2.45) is 0 Å². The van der Waals surface area contributed by atoms with Crippen molar-refractivity contribution < 1.29 is 19.0 Å². The lowest BCUT2D eigenvalue weighted by Crippen LogP contribution is -2.21. The van der Waals surface area contributed by atoms with Crippen molar-refractivity contribution in [2.45, 2.75) is 39.4 Å². The van der Waals surface area contributed by atoms with E-state index in [1.165, 1.54) is 6.33 Å². The Labute approximate surface area is 211 Å². The van der Waals surface area contributed by atoms with Gasteiger partial charge in [-0.1, -0.05) is 90.5 Å². The van der Waals surface area contributed by atoms with E-state index in [4.69, 9.17) is 14.2 Å². The molecule has 0 aliphatic carbocycles. The van der Waals surface area contributed by atoms with Gasteiger partial charge in [0.05, 0.1) is 6.61 Å². The predicted molar refractivity (Wildman–Crippen MR) is 138 cm³/mol. The first kappa shape index (κ1) is 24.9. The number of rotatable bonds is 11. The summed E-state index contributed by atoms with van der Waals surface area (Å²) in [6.45, 7) is 4.68. The van der Waals surface area contributed by atoms with Gasteiger partial charge in [0.15, 0.2) is 0 Å². The molecular formula is C30H30N2O4. The number of nitrogens with zero attached hydrogens (tertiary/aromatic N) is 2. The highest BCUT2D eigenvalue weighted by atomic mass is 16.5. The molecule has 1 heterocycles. The highest BCUT2D eigenvalue weighted by Crippen LogP contribution is 2.36. The Morgan fingerprint density at radius 3 is 2.00 bits per heavy atom. The summed E-state index contributed by atoms with van der Waals surface area (Å²) in [6, 6.07) is 27.7. The lowest BCUT2D eigenvalue weighted by atomic mass is 9.94.